The van der Waals surface area contributed by atoms with Crippen LogP contribution in [-0.4, -0.2) is 13.7 Å². The van der Waals surface area contributed by atoms with E-state index in [-0.39, 0.29) is 9.92 Å². The van der Waals surface area contributed by atoms with Gasteiger partial charge >= 0.3 is 5.69 Å². The van der Waals surface area contributed by atoms with Gasteiger partial charge in [-0.2, -0.15) is 0 Å². The first-order valence-corrected chi connectivity index (χ1v) is 4.56. The third-order valence-electron chi connectivity index (χ3n) is 1.32. The highest BCUT2D eigenvalue weighted by atomic mass is 35.5. The number of benzene rings is 1. The van der Waals surface area contributed by atoms with Crippen molar-refractivity contribution in [3.8, 4) is 0 Å². The summed E-state index contributed by atoms with van der Waals surface area (Å²) < 4.78 is 19.3. The molecule has 0 amide bonds. The molecule has 7 heteroatoms. The van der Waals surface area contributed by atoms with Crippen LogP contribution in [0.25, 0.3) is 0 Å². The second-order valence-corrected chi connectivity index (χ2v) is 3.44. The average Bonchev–Trinajstić information content (AvgIpc) is 2.02. The SMILES string of the molecule is O=[N+]([O-])c1c(Cl)cccc1S(=O)O. The van der Waals surface area contributed by atoms with E-state index < -0.39 is 21.7 Å². The van der Waals surface area contributed by atoms with Gasteiger partial charge in [0.25, 0.3) is 0 Å². The molecule has 1 unspecified atom stereocenters. The van der Waals surface area contributed by atoms with Crippen LogP contribution >= 0.6 is 11.6 Å². The van der Waals surface area contributed by atoms with Gasteiger partial charge in [-0.25, -0.2) is 4.21 Å². The average molecular weight is 222 g/mol. The highest BCUT2D eigenvalue weighted by Gasteiger charge is 2.21. The molecule has 1 atom stereocenters. The summed E-state index contributed by atoms with van der Waals surface area (Å²) in [4.78, 5) is 9.34. The van der Waals surface area contributed by atoms with Crippen LogP contribution in [0.1, 0.15) is 0 Å². The second-order valence-electron chi connectivity index (χ2n) is 2.09. The first-order chi connectivity index (χ1) is 6.04. The number of nitrogens with zero attached hydrogens (tertiary/aromatic N) is 1. The Morgan fingerprint density at radius 1 is 1.54 bits per heavy atom. The van der Waals surface area contributed by atoms with Gasteiger partial charge in [0.15, 0.2) is 11.1 Å². The fraction of sp³-hybridized carbons (Fsp3) is 0. The third kappa shape index (κ3) is 2.03. The summed E-state index contributed by atoms with van der Waals surface area (Å²) in [5, 5.41) is 10.3. The highest BCUT2D eigenvalue weighted by Crippen LogP contribution is 2.29. The molecule has 1 aromatic rings. The van der Waals surface area contributed by atoms with Gasteiger partial charge in [0, 0.05) is 0 Å². The molecule has 0 bridgehead atoms. The molecule has 0 aliphatic rings. The molecular weight excluding hydrogens is 218 g/mol. The van der Waals surface area contributed by atoms with Gasteiger partial charge in [-0.15, -0.1) is 0 Å². The van der Waals surface area contributed by atoms with E-state index in [0.29, 0.717) is 0 Å². The molecule has 5 nitrogen and oxygen atoms in total. The number of nitro benzene ring substituents is 1. The summed E-state index contributed by atoms with van der Waals surface area (Å²) in [6, 6.07) is 3.84. The van der Waals surface area contributed by atoms with E-state index in [1.54, 1.807) is 0 Å². The van der Waals surface area contributed by atoms with Gasteiger partial charge in [0.1, 0.15) is 9.92 Å². The lowest BCUT2D eigenvalue weighted by Crippen LogP contribution is -1.97. The van der Waals surface area contributed by atoms with E-state index in [4.69, 9.17) is 16.2 Å². The Bertz CT molecular complexity index is 381. The van der Waals surface area contributed by atoms with Gasteiger partial charge in [-0.05, 0) is 12.1 Å². The lowest BCUT2D eigenvalue weighted by molar-refractivity contribution is -0.387. The number of hydrogen-bond donors (Lipinski definition) is 1. The van der Waals surface area contributed by atoms with Crippen molar-refractivity contribution >= 4 is 28.4 Å². The number of nitro groups is 1. The van der Waals surface area contributed by atoms with E-state index in [0.717, 1.165) is 0 Å². The molecule has 1 N–H and O–H groups in total. The Kier molecular flexibility index (Phi) is 2.97. The van der Waals surface area contributed by atoms with Crippen LogP contribution in [-0.2, 0) is 11.1 Å². The molecule has 0 radical (unpaired) electrons. The molecule has 0 saturated heterocycles. The Morgan fingerprint density at radius 2 is 2.15 bits per heavy atom. The number of para-hydroxylation sites is 1. The largest absolute Gasteiger partial charge is 0.306 e. The topological polar surface area (TPSA) is 80.4 Å². The van der Waals surface area contributed by atoms with Crippen LogP contribution in [0, 0.1) is 10.1 Å². The zero-order chi connectivity index (χ0) is 10.0. The predicted octanol–water partition coefficient (Wildman–Crippen LogP) is 1.83. The molecule has 0 aliphatic heterocycles. The van der Waals surface area contributed by atoms with Crippen molar-refractivity contribution in [2.75, 3.05) is 0 Å². The molecule has 0 heterocycles. The van der Waals surface area contributed by atoms with Gasteiger partial charge in [-0.3, -0.25) is 10.1 Å². The number of hydrogen-bond acceptors (Lipinski definition) is 3. The summed E-state index contributed by atoms with van der Waals surface area (Å²) in [5.41, 5.74) is -0.523. The number of rotatable bonds is 2. The summed E-state index contributed by atoms with van der Waals surface area (Å²) in [5.74, 6) is 0. The maximum Gasteiger partial charge on any atom is 0.306 e. The minimum absolute atomic E-state index is 0.148. The summed E-state index contributed by atoms with van der Waals surface area (Å²) in [6.45, 7) is 0. The van der Waals surface area contributed by atoms with E-state index in [1.807, 2.05) is 0 Å². The van der Waals surface area contributed by atoms with E-state index in [2.05, 4.69) is 0 Å². The van der Waals surface area contributed by atoms with Crippen molar-refractivity contribution < 1.29 is 13.7 Å². The van der Waals surface area contributed by atoms with Gasteiger partial charge < -0.3 is 4.55 Å². The lowest BCUT2D eigenvalue weighted by atomic mass is 10.3. The maximum atomic E-state index is 10.6. The van der Waals surface area contributed by atoms with Crippen LogP contribution in [0.15, 0.2) is 23.1 Å². The molecule has 70 valence electrons. The van der Waals surface area contributed by atoms with Crippen molar-refractivity contribution in [3.05, 3.63) is 33.3 Å². The fourth-order valence-corrected chi connectivity index (χ4v) is 1.66. The van der Waals surface area contributed by atoms with Crippen molar-refractivity contribution in [1.29, 1.82) is 0 Å². The molecule has 1 rings (SSSR count). The van der Waals surface area contributed by atoms with Crippen molar-refractivity contribution in [3.63, 3.8) is 0 Å². The van der Waals surface area contributed by atoms with Gasteiger partial charge in [-0.1, -0.05) is 17.7 Å². The fourth-order valence-electron chi connectivity index (χ4n) is 0.814. The second kappa shape index (κ2) is 3.82. The molecule has 0 aromatic heterocycles. The molecule has 0 fully saturated rings. The molecule has 1 aromatic carbocycles. The smallest absolute Gasteiger partial charge is 0.302 e. The van der Waals surface area contributed by atoms with Gasteiger partial charge in [0.05, 0.1) is 4.92 Å². The highest BCUT2D eigenvalue weighted by molar-refractivity contribution is 7.79. The molecular formula is C6H4ClNO4S. The first kappa shape index (κ1) is 10.1. The van der Waals surface area contributed by atoms with Gasteiger partial charge in [0.2, 0.25) is 0 Å². The van der Waals surface area contributed by atoms with E-state index in [1.165, 1.54) is 18.2 Å². The van der Waals surface area contributed by atoms with Crippen LogP contribution < -0.4 is 0 Å². The quantitative estimate of drug-likeness (QED) is 0.469. The van der Waals surface area contributed by atoms with Crippen LogP contribution in [0.5, 0.6) is 0 Å². The molecule has 0 spiro atoms. The molecule has 0 aliphatic carbocycles. The first-order valence-electron chi connectivity index (χ1n) is 3.08. The number of halogens is 1. The Morgan fingerprint density at radius 3 is 2.54 bits per heavy atom. The van der Waals surface area contributed by atoms with E-state index >= 15 is 0 Å². The summed E-state index contributed by atoms with van der Waals surface area (Å²) in [7, 11) is 0. The minimum Gasteiger partial charge on any atom is -0.302 e. The zero-order valence-corrected chi connectivity index (χ0v) is 7.71. The Hall–Kier alpha value is -0.980. The Balaban J connectivity index is 3.43. The minimum atomic E-state index is -2.40. The maximum absolute atomic E-state index is 10.6. The standard InChI is InChI=1S/C6H4ClNO4S/c7-4-2-1-3-5(13(11)12)6(4)8(9)10/h1-3H,(H,11,12). The summed E-state index contributed by atoms with van der Waals surface area (Å²) >= 11 is 3.08. The normalized spacial score (nSPS) is 12.5. The van der Waals surface area contributed by atoms with Crippen molar-refractivity contribution in [2.24, 2.45) is 0 Å². The zero-order valence-electron chi connectivity index (χ0n) is 6.14. The van der Waals surface area contributed by atoms with E-state index in [9.17, 15) is 14.3 Å². The Labute approximate surface area is 80.8 Å². The lowest BCUT2D eigenvalue weighted by Gasteiger charge is -1.98. The van der Waals surface area contributed by atoms with Crippen LogP contribution in [0.2, 0.25) is 5.02 Å². The van der Waals surface area contributed by atoms with Crippen molar-refractivity contribution in [1.82, 2.24) is 0 Å². The molecule has 13 heavy (non-hydrogen) atoms. The third-order valence-corrected chi connectivity index (χ3v) is 2.33. The van der Waals surface area contributed by atoms with Crippen molar-refractivity contribution in [2.45, 2.75) is 4.90 Å². The molecule has 0 saturated carbocycles. The van der Waals surface area contributed by atoms with Crippen LogP contribution in [0.3, 0.4) is 0 Å². The predicted molar refractivity (Wildman–Crippen MR) is 47.1 cm³/mol. The summed E-state index contributed by atoms with van der Waals surface area (Å²) in [6.07, 6.45) is 0. The van der Waals surface area contributed by atoms with Crippen LogP contribution in [0.4, 0.5) is 5.69 Å². The monoisotopic (exact) mass is 221 g/mol.